The van der Waals surface area contributed by atoms with Crippen LogP contribution in [0.5, 0.6) is 0 Å². The molecule has 6 aromatic carbocycles. The van der Waals surface area contributed by atoms with Gasteiger partial charge >= 0.3 is 0 Å². The minimum atomic E-state index is 0.320. The van der Waals surface area contributed by atoms with Crippen molar-refractivity contribution in [2.24, 2.45) is 0 Å². The summed E-state index contributed by atoms with van der Waals surface area (Å²) in [5, 5.41) is 14.0. The Bertz CT molecular complexity index is 3520. The van der Waals surface area contributed by atoms with Gasteiger partial charge in [0.25, 0.3) is 0 Å². The van der Waals surface area contributed by atoms with Crippen molar-refractivity contribution in [3.63, 3.8) is 0 Å². The van der Waals surface area contributed by atoms with Gasteiger partial charge in [0, 0.05) is 38.2 Å². The standard InChI is InChI=1S/C49H31N11/c1-27-53-28(2)56-48(55-27)32-15-17-44-39(22-32)36-11-7-9-13-42(36)59(44)46-24-38(34-19-31(26-50)20-35(21-34)51-5)41(52-6)25-47(46)60-43-14-10-8-12-37(43)40-23-33(16-18-45(40)60)49-57-29(3)54-30(4)58-49/h7-25H,1-4H3. The molecule has 0 N–H and O–H groups in total. The number of nitriles is 1. The zero-order valence-electron chi connectivity index (χ0n) is 32.9. The van der Waals surface area contributed by atoms with Crippen molar-refractivity contribution in [3.8, 4) is 51.3 Å². The Morgan fingerprint density at radius 1 is 0.483 bits per heavy atom. The molecule has 4 heterocycles. The number of nitrogens with zero attached hydrogens (tertiary/aromatic N) is 11. The fraction of sp³-hybridized carbons (Fsp3) is 0.0816. The third kappa shape index (κ3) is 5.79. The second-order valence-electron chi connectivity index (χ2n) is 14.6. The molecule has 0 saturated heterocycles. The van der Waals surface area contributed by atoms with E-state index in [9.17, 15) is 5.26 Å². The van der Waals surface area contributed by atoms with Crippen LogP contribution in [0.2, 0.25) is 0 Å². The maximum atomic E-state index is 9.98. The number of para-hydroxylation sites is 2. The Balaban J connectivity index is 1.32. The Morgan fingerprint density at radius 3 is 1.45 bits per heavy atom. The molecular weight excluding hydrogens is 743 g/mol. The Labute approximate surface area is 344 Å². The van der Waals surface area contributed by atoms with Gasteiger partial charge in [-0.1, -0.05) is 36.4 Å². The third-order valence-corrected chi connectivity index (χ3v) is 10.8. The molecule has 0 amide bonds. The lowest BCUT2D eigenvalue weighted by Gasteiger charge is -2.20. The number of aryl methyl sites for hydroxylation is 4. The predicted molar refractivity (Wildman–Crippen MR) is 234 cm³/mol. The zero-order chi connectivity index (χ0) is 41.2. The monoisotopic (exact) mass is 773 g/mol. The van der Waals surface area contributed by atoms with Crippen LogP contribution < -0.4 is 0 Å². The number of rotatable bonds is 5. The average molecular weight is 774 g/mol. The minimum absolute atomic E-state index is 0.320. The summed E-state index contributed by atoms with van der Waals surface area (Å²) >= 11 is 0. The molecule has 0 atom stereocenters. The van der Waals surface area contributed by atoms with E-state index in [0.717, 1.165) is 66.1 Å². The van der Waals surface area contributed by atoms with Gasteiger partial charge in [0.1, 0.15) is 23.3 Å². The maximum absolute atomic E-state index is 9.98. The first-order chi connectivity index (χ1) is 29.2. The highest BCUT2D eigenvalue weighted by atomic mass is 15.1. The van der Waals surface area contributed by atoms with Gasteiger partial charge in [0.05, 0.1) is 52.7 Å². The highest BCUT2D eigenvalue weighted by Gasteiger charge is 2.23. The fourth-order valence-corrected chi connectivity index (χ4v) is 8.38. The summed E-state index contributed by atoms with van der Waals surface area (Å²) in [6, 6.07) is 40.2. The molecule has 0 aliphatic carbocycles. The number of hydrogen-bond acceptors (Lipinski definition) is 7. The molecule has 11 nitrogen and oxygen atoms in total. The van der Waals surface area contributed by atoms with Crippen molar-refractivity contribution in [1.29, 1.82) is 5.26 Å². The van der Waals surface area contributed by atoms with Crippen molar-refractivity contribution in [2.75, 3.05) is 0 Å². The van der Waals surface area contributed by atoms with E-state index in [1.165, 1.54) is 0 Å². The fourth-order valence-electron chi connectivity index (χ4n) is 8.38. The second kappa shape index (κ2) is 13.8. The van der Waals surface area contributed by atoms with Gasteiger partial charge in [-0.15, -0.1) is 0 Å². The summed E-state index contributed by atoms with van der Waals surface area (Å²) in [5.74, 6) is 3.80. The summed E-state index contributed by atoms with van der Waals surface area (Å²) in [5.41, 5.74) is 9.31. The lowest BCUT2D eigenvalue weighted by Crippen LogP contribution is -2.04. The summed E-state index contributed by atoms with van der Waals surface area (Å²) in [4.78, 5) is 35.2. The molecule has 0 bridgehead atoms. The van der Waals surface area contributed by atoms with Gasteiger partial charge < -0.3 is 9.13 Å². The van der Waals surface area contributed by atoms with Crippen LogP contribution >= 0.6 is 0 Å². The molecule has 10 aromatic rings. The molecular formula is C49H31N11. The van der Waals surface area contributed by atoms with Gasteiger partial charge in [0.2, 0.25) is 0 Å². The summed E-state index contributed by atoms with van der Waals surface area (Å²) < 4.78 is 4.45. The van der Waals surface area contributed by atoms with Crippen LogP contribution in [0, 0.1) is 52.2 Å². The SMILES string of the molecule is [C-]#[N+]c1cc(C#N)cc(-c2cc(-n3c4ccccc4c4cc(-c5nc(C)nc(C)n5)ccc43)c(-n3c4ccccc4c4cc(-c5nc(C)nc(C)n5)ccc43)cc2[N+]#[C-])c1. The average Bonchev–Trinajstić information content (AvgIpc) is 3.77. The lowest BCUT2D eigenvalue weighted by atomic mass is 9.99. The van der Waals surface area contributed by atoms with E-state index in [2.05, 4.69) is 103 Å². The van der Waals surface area contributed by atoms with Crippen molar-refractivity contribution in [2.45, 2.75) is 27.7 Å². The van der Waals surface area contributed by atoms with E-state index in [0.29, 0.717) is 63.0 Å². The quantitative estimate of drug-likeness (QED) is 0.160. The van der Waals surface area contributed by atoms with Gasteiger partial charge in [-0.3, -0.25) is 0 Å². The normalized spacial score (nSPS) is 11.3. The molecule has 0 fully saturated rings. The van der Waals surface area contributed by atoms with Crippen LogP contribution in [0.15, 0.2) is 115 Å². The second-order valence-corrected chi connectivity index (χ2v) is 14.6. The number of benzene rings is 6. The molecule has 0 unspecified atom stereocenters. The van der Waals surface area contributed by atoms with Crippen LogP contribution in [0.3, 0.4) is 0 Å². The summed E-state index contributed by atoms with van der Waals surface area (Å²) in [7, 11) is 0. The molecule has 0 aliphatic heterocycles. The van der Waals surface area contributed by atoms with E-state index in [4.69, 9.17) is 13.1 Å². The first-order valence-corrected chi connectivity index (χ1v) is 19.2. The molecule has 4 aromatic heterocycles. The van der Waals surface area contributed by atoms with E-state index in [-0.39, 0.29) is 0 Å². The molecule has 282 valence electrons. The van der Waals surface area contributed by atoms with Crippen LogP contribution in [-0.4, -0.2) is 39.0 Å². The van der Waals surface area contributed by atoms with E-state index in [1.54, 1.807) is 18.2 Å². The molecule has 10 rings (SSSR count). The summed E-state index contributed by atoms with van der Waals surface area (Å²) in [6.07, 6.45) is 0. The maximum Gasteiger partial charge on any atom is 0.197 e. The van der Waals surface area contributed by atoms with Crippen molar-refractivity contribution in [3.05, 3.63) is 167 Å². The molecule has 0 spiro atoms. The zero-order valence-corrected chi connectivity index (χ0v) is 32.9. The van der Waals surface area contributed by atoms with E-state index < -0.39 is 0 Å². The van der Waals surface area contributed by atoms with Crippen LogP contribution in [0.25, 0.3) is 98.6 Å². The van der Waals surface area contributed by atoms with Gasteiger partial charge in [-0.05, 0) is 118 Å². The smallest absolute Gasteiger partial charge is 0.197 e. The molecule has 11 heteroatoms. The highest BCUT2D eigenvalue weighted by Crippen LogP contribution is 2.44. The van der Waals surface area contributed by atoms with Gasteiger partial charge in [0.15, 0.2) is 23.0 Å². The topological polar surface area (TPSA) is 120 Å². The molecule has 60 heavy (non-hydrogen) atoms. The van der Waals surface area contributed by atoms with E-state index in [1.807, 2.05) is 76.2 Å². The first kappa shape index (κ1) is 35.8. The van der Waals surface area contributed by atoms with Gasteiger partial charge in [-0.2, -0.15) is 5.26 Å². The Hall–Kier alpha value is -8.59. The van der Waals surface area contributed by atoms with E-state index >= 15 is 0 Å². The number of fused-ring (bicyclic) bond motifs is 6. The Kier molecular flexibility index (Phi) is 8.24. The predicted octanol–water partition coefficient (Wildman–Crippen LogP) is 11.5. The van der Waals surface area contributed by atoms with Crippen molar-refractivity contribution in [1.82, 2.24) is 39.0 Å². The largest absolute Gasteiger partial charge is 0.308 e. The molecule has 0 radical (unpaired) electrons. The first-order valence-electron chi connectivity index (χ1n) is 19.2. The number of aromatic nitrogens is 8. The summed E-state index contributed by atoms with van der Waals surface area (Å²) in [6.45, 7) is 23.8. The Morgan fingerprint density at radius 2 is 0.967 bits per heavy atom. The van der Waals surface area contributed by atoms with Crippen LogP contribution in [-0.2, 0) is 0 Å². The van der Waals surface area contributed by atoms with Crippen LogP contribution in [0.4, 0.5) is 11.4 Å². The third-order valence-electron chi connectivity index (χ3n) is 10.8. The van der Waals surface area contributed by atoms with Crippen molar-refractivity contribution >= 4 is 55.0 Å². The minimum Gasteiger partial charge on any atom is -0.308 e. The highest BCUT2D eigenvalue weighted by molar-refractivity contribution is 6.13. The van der Waals surface area contributed by atoms with Crippen LogP contribution in [0.1, 0.15) is 28.9 Å². The molecule has 0 aliphatic rings. The van der Waals surface area contributed by atoms with Crippen molar-refractivity contribution < 1.29 is 0 Å². The lowest BCUT2D eigenvalue weighted by molar-refractivity contribution is 0.928. The number of hydrogen-bond donors (Lipinski definition) is 0. The molecule has 0 saturated carbocycles. The van der Waals surface area contributed by atoms with Gasteiger partial charge in [-0.25, -0.2) is 39.6 Å².